The highest BCUT2D eigenvalue weighted by Crippen LogP contribution is 2.44. The molecule has 2 fully saturated rings. The van der Waals surface area contributed by atoms with Gasteiger partial charge in [-0.1, -0.05) is 18.2 Å². The van der Waals surface area contributed by atoms with Gasteiger partial charge in [-0.15, -0.1) is 0 Å². The third-order valence-corrected chi connectivity index (χ3v) is 7.19. The van der Waals surface area contributed by atoms with Gasteiger partial charge in [-0.05, 0) is 74.8 Å². The smallest absolute Gasteiger partial charge is 0.251 e. The number of nitrogens with zero attached hydrogens (tertiary/aromatic N) is 2. The lowest BCUT2D eigenvalue weighted by molar-refractivity contribution is 0.0926. The fraction of sp³-hybridized carbons (Fsp3) is 0.321. The first-order valence-electron chi connectivity index (χ1n) is 12.5. The molecule has 5 N–H and O–H groups in total. The van der Waals surface area contributed by atoms with Gasteiger partial charge in [0.25, 0.3) is 5.91 Å². The van der Waals surface area contributed by atoms with Gasteiger partial charge in [-0.25, -0.2) is 9.97 Å². The number of fused-ring (bicyclic) bond motifs is 1. The minimum atomic E-state index is -0.0534. The second-order valence-corrected chi connectivity index (χ2v) is 9.82. The maximum atomic E-state index is 12.7. The van der Waals surface area contributed by atoms with E-state index in [0.717, 1.165) is 42.5 Å². The fourth-order valence-electron chi connectivity index (χ4n) is 5.17. The molecule has 0 unspecified atom stereocenters. The summed E-state index contributed by atoms with van der Waals surface area (Å²) in [5, 5.41) is 7.94. The lowest BCUT2D eigenvalue weighted by Crippen LogP contribution is -2.42. The van der Waals surface area contributed by atoms with Gasteiger partial charge in [-0.3, -0.25) is 4.79 Å². The second-order valence-electron chi connectivity index (χ2n) is 9.82. The van der Waals surface area contributed by atoms with Crippen molar-refractivity contribution in [2.24, 2.45) is 0 Å². The van der Waals surface area contributed by atoms with Gasteiger partial charge >= 0.3 is 0 Å². The van der Waals surface area contributed by atoms with Crippen LogP contribution in [-0.4, -0.2) is 32.9 Å². The molecule has 0 saturated heterocycles. The van der Waals surface area contributed by atoms with Crippen LogP contribution < -0.4 is 16.4 Å². The second kappa shape index (κ2) is 9.06. The van der Waals surface area contributed by atoms with Crippen LogP contribution >= 0.6 is 0 Å². The average molecular weight is 467 g/mol. The van der Waals surface area contributed by atoms with Crippen molar-refractivity contribution in [3.05, 3.63) is 72.1 Å². The zero-order valence-electron chi connectivity index (χ0n) is 19.6. The molecular formula is C28H30N6O. The number of H-pyrrole nitrogens is 1. The zero-order chi connectivity index (χ0) is 23.8. The Labute approximate surface area is 204 Å². The molecule has 2 aliphatic carbocycles. The van der Waals surface area contributed by atoms with Crippen LogP contribution in [0.5, 0.6) is 0 Å². The van der Waals surface area contributed by atoms with E-state index in [4.69, 9.17) is 15.7 Å². The van der Waals surface area contributed by atoms with E-state index >= 15 is 0 Å². The van der Waals surface area contributed by atoms with Gasteiger partial charge in [0.2, 0.25) is 5.95 Å². The maximum absolute atomic E-state index is 12.7. The number of rotatable bonds is 6. The highest BCUT2D eigenvalue weighted by molar-refractivity contribution is 5.95. The fourth-order valence-corrected chi connectivity index (χ4v) is 5.17. The molecule has 1 amide bonds. The Morgan fingerprint density at radius 3 is 2.63 bits per heavy atom. The van der Waals surface area contributed by atoms with Crippen LogP contribution in [0.1, 0.15) is 60.4 Å². The lowest BCUT2D eigenvalue weighted by Gasteiger charge is -2.30. The van der Waals surface area contributed by atoms with Crippen LogP contribution in [0.4, 0.5) is 11.6 Å². The number of anilines is 2. The predicted octanol–water partition coefficient (Wildman–Crippen LogP) is 5.24. The minimum absolute atomic E-state index is 0.0534. The molecule has 2 atom stereocenters. The molecule has 6 rings (SSSR count). The molecule has 35 heavy (non-hydrogen) atoms. The summed E-state index contributed by atoms with van der Waals surface area (Å²) in [6.45, 7) is 0. The lowest BCUT2D eigenvalue weighted by atomic mass is 9.91. The summed E-state index contributed by atoms with van der Waals surface area (Å²) >= 11 is 0. The van der Waals surface area contributed by atoms with Crippen molar-refractivity contribution in [2.75, 3.05) is 11.1 Å². The van der Waals surface area contributed by atoms with Crippen molar-refractivity contribution in [1.82, 2.24) is 20.3 Å². The van der Waals surface area contributed by atoms with Gasteiger partial charge in [0.15, 0.2) is 0 Å². The number of carbonyl (C=O) groups is 1. The molecular weight excluding hydrogens is 436 g/mol. The molecule has 2 heterocycles. The van der Waals surface area contributed by atoms with Gasteiger partial charge in [-0.2, -0.15) is 0 Å². The molecule has 0 bridgehead atoms. The van der Waals surface area contributed by atoms with Crippen LogP contribution in [0, 0.1) is 0 Å². The Morgan fingerprint density at radius 2 is 1.80 bits per heavy atom. The number of nitrogens with one attached hydrogen (secondary N) is 3. The molecule has 0 aliphatic heterocycles. The quantitative estimate of drug-likeness (QED) is 0.291. The van der Waals surface area contributed by atoms with Gasteiger partial charge < -0.3 is 21.4 Å². The molecule has 2 saturated carbocycles. The van der Waals surface area contributed by atoms with Crippen molar-refractivity contribution in [3.8, 4) is 11.3 Å². The summed E-state index contributed by atoms with van der Waals surface area (Å²) in [7, 11) is 0. The standard InChI is InChI=1S/C28H30N6O/c29-19-12-10-18(11-13-19)27(35)32-20-4-3-5-21(14-20)33-28-31-15-23(17-8-9-17)26(34-28)24-16-30-25-7-2-1-6-22(24)25/h1-2,6-7,10-13,15-17,20-21,30H,3-5,8-9,14,29H2,(H,32,35)(H,31,33,34)/t20-,21+/m0/s1. The van der Waals surface area contributed by atoms with E-state index in [-0.39, 0.29) is 18.0 Å². The number of aromatic nitrogens is 3. The number of hydrogen-bond acceptors (Lipinski definition) is 5. The van der Waals surface area contributed by atoms with E-state index in [9.17, 15) is 4.79 Å². The summed E-state index contributed by atoms with van der Waals surface area (Å²) < 4.78 is 0. The van der Waals surface area contributed by atoms with E-state index < -0.39 is 0 Å². The molecule has 0 spiro atoms. The number of benzene rings is 2. The maximum Gasteiger partial charge on any atom is 0.251 e. The Balaban J connectivity index is 1.19. The van der Waals surface area contributed by atoms with Crippen molar-refractivity contribution in [1.29, 1.82) is 0 Å². The van der Waals surface area contributed by atoms with Crippen molar-refractivity contribution in [3.63, 3.8) is 0 Å². The Bertz CT molecular complexity index is 1360. The number of para-hydroxylation sites is 1. The number of amides is 1. The van der Waals surface area contributed by atoms with Crippen molar-refractivity contribution >= 4 is 28.4 Å². The molecule has 178 valence electrons. The molecule has 2 aromatic heterocycles. The predicted molar refractivity (Wildman–Crippen MR) is 139 cm³/mol. The van der Waals surface area contributed by atoms with Crippen LogP contribution in [-0.2, 0) is 0 Å². The first-order valence-corrected chi connectivity index (χ1v) is 12.5. The third-order valence-electron chi connectivity index (χ3n) is 7.19. The molecule has 0 radical (unpaired) electrons. The van der Waals surface area contributed by atoms with E-state index in [1.807, 2.05) is 12.3 Å². The van der Waals surface area contributed by atoms with Gasteiger partial charge in [0, 0.05) is 57.8 Å². The number of hydrogen-bond donors (Lipinski definition) is 4. The van der Waals surface area contributed by atoms with Crippen molar-refractivity contribution in [2.45, 2.75) is 56.5 Å². The minimum Gasteiger partial charge on any atom is -0.399 e. The number of aromatic amines is 1. The molecule has 7 nitrogen and oxygen atoms in total. The zero-order valence-corrected chi connectivity index (χ0v) is 19.6. The normalized spacial score (nSPS) is 20.0. The first-order chi connectivity index (χ1) is 17.1. The van der Waals surface area contributed by atoms with E-state index in [1.165, 1.54) is 23.8 Å². The highest BCUT2D eigenvalue weighted by atomic mass is 16.1. The molecule has 4 aromatic rings. The summed E-state index contributed by atoms with van der Waals surface area (Å²) in [6, 6.07) is 15.7. The highest BCUT2D eigenvalue weighted by Gasteiger charge is 2.30. The summed E-state index contributed by atoms with van der Waals surface area (Å²) in [6.07, 6.45) is 10.4. The Morgan fingerprint density at radius 1 is 1.00 bits per heavy atom. The summed E-state index contributed by atoms with van der Waals surface area (Å²) in [4.78, 5) is 25.8. The number of nitrogens with two attached hydrogens (primary N) is 1. The molecule has 2 aliphatic rings. The first kappa shape index (κ1) is 21.6. The topological polar surface area (TPSA) is 109 Å². The van der Waals surface area contributed by atoms with E-state index in [1.54, 1.807) is 24.3 Å². The van der Waals surface area contributed by atoms with E-state index in [0.29, 0.717) is 23.1 Å². The molecule has 7 heteroatoms. The summed E-state index contributed by atoms with van der Waals surface area (Å²) in [5.74, 6) is 1.16. The third kappa shape index (κ3) is 4.58. The number of carbonyl (C=O) groups excluding carboxylic acids is 1. The monoisotopic (exact) mass is 466 g/mol. The average Bonchev–Trinajstić information content (AvgIpc) is 3.63. The van der Waals surface area contributed by atoms with Crippen LogP contribution in [0.3, 0.4) is 0 Å². The van der Waals surface area contributed by atoms with Crippen LogP contribution in [0.2, 0.25) is 0 Å². The largest absolute Gasteiger partial charge is 0.399 e. The van der Waals surface area contributed by atoms with Crippen LogP contribution in [0.15, 0.2) is 60.9 Å². The van der Waals surface area contributed by atoms with Crippen LogP contribution in [0.25, 0.3) is 22.2 Å². The van der Waals surface area contributed by atoms with Crippen molar-refractivity contribution < 1.29 is 4.79 Å². The van der Waals surface area contributed by atoms with Gasteiger partial charge in [0.1, 0.15) is 0 Å². The van der Waals surface area contributed by atoms with E-state index in [2.05, 4.69) is 40.0 Å². The van der Waals surface area contributed by atoms with Gasteiger partial charge in [0.05, 0.1) is 5.69 Å². The Hall–Kier alpha value is -3.87. The summed E-state index contributed by atoms with van der Waals surface area (Å²) in [5.41, 5.74) is 11.5. The SMILES string of the molecule is Nc1ccc(C(=O)N[C@H]2CCC[C@@H](Nc3ncc(C4CC4)c(-c4c[nH]c5ccccc45)n3)C2)cc1. The molecule has 2 aromatic carbocycles. The number of nitrogen functional groups attached to an aromatic ring is 1. The Kier molecular flexibility index (Phi) is 5.60.